The molecule has 2 saturated heterocycles. The lowest BCUT2D eigenvalue weighted by Gasteiger charge is -2.31. The van der Waals surface area contributed by atoms with Crippen molar-refractivity contribution in [1.82, 2.24) is 19.2 Å². The number of likely N-dealkylation sites (N-methyl/N-ethyl adjacent to an activating group) is 2. The molecule has 0 saturated carbocycles. The summed E-state index contributed by atoms with van der Waals surface area (Å²) >= 11 is 0. The number of amides is 4. The average Bonchev–Trinajstić information content (AvgIpc) is 3.93. The second-order valence-electron chi connectivity index (χ2n) is 16.2. The Bertz CT molecular complexity index is 2080. The number of carbonyl (C=O) groups is 2. The lowest BCUT2D eigenvalue weighted by Crippen LogP contribution is -2.47. The number of urea groups is 2. The number of carbonyl (C=O) groups excluding carboxylic acids is 2. The second kappa shape index (κ2) is 15.6. The van der Waals surface area contributed by atoms with Crippen molar-refractivity contribution in [2.24, 2.45) is 0 Å². The molecule has 2 aliphatic heterocycles. The summed E-state index contributed by atoms with van der Waals surface area (Å²) in [5.41, 5.74) is 10.6. The Hall–Kier alpha value is -3.28. The van der Waals surface area contributed by atoms with Gasteiger partial charge in [-0.2, -0.15) is 0 Å². The molecule has 8 rings (SSSR count). The van der Waals surface area contributed by atoms with Gasteiger partial charge in [-0.15, -0.1) is 0 Å². The quantitative estimate of drug-likeness (QED) is 0.279. The summed E-state index contributed by atoms with van der Waals surface area (Å²) < 4.78 is 68.4. The van der Waals surface area contributed by atoms with Crippen LogP contribution in [0.25, 0.3) is 0 Å². The van der Waals surface area contributed by atoms with Crippen molar-refractivity contribution in [1.29, 1.82) is 0 Å². The summed E-state index contributed by atoms with van der Waals surface area (Å²) in [6.45, 7) is 6.20. The molecule has 0 radical (unpaired) electrons. The molecule has 2 fully saturated rings. The first-order valence-corrected chi connectivity index (χ1v) is 23.3. The Labute approximate surface area is 324 Å². The third-order valence-electron chi connectivity index (χ3n) is 12.6. The summed E-state index contributed by atoms with van der Waals surface area (Å²) in [5, 5.41) is 6.04. The minimum atomic E-state index is -3.96. The Morgan fingerprint density at radius 3 is 1.98 bits per heavy atom. The lowest BCUT2D eigenvalue weighted by molar-refractivity contribution is -0.0145. The summed E-state index contributed by atoms with van der Waals surface area (Å²) in [7, 11) is -6.00. The van der Waals surface area contributed by atoms with Gasteiger partial charge in [-0.05, 0) is 134 Å². The zero-order valence-electron chi connectivity index (χ0n) is 31.9. The van der Waals surface area contributed by atoms with Gasteiger partial charge in [0, 0.05) is 37.6 Å². The van der Waals surface area contributed by atoms with Gasteiger partial charge < -0.3 is 25.0 Å². The number of ether oxygens (including phenoxy) is 2. The molecular weight excluding hydrogens is 745 g/mol. The summed E-state index contributed by atoms with van der Waals surface area (Å²) in [6.07, 6.45) is 7.66. The van der Waals surface area contributed by atoms with E-state index in [0.29, 0.717) is 26.3 Å². The molecule has 0 spiro atoms. The molecule has 4 aliphatic carbocycles. The van der Waals surface area contributed by atoms with Crippen molar-refractivity contribution in [3.63, 3.8) is 0 Å². The zero-order valence-corrected chi connectivity index (χ0v) is 33.5. The van der Waals surface area contributed by atoms with Crippen LogP contribution < -0.4 is 20.1 Å². The normalized spacial score (nSPS) is 25.2. The average molecular weight is 799 g/mol. The van der Waals surface area contributed by atoms with Crippen LogP contribution in [0.2, 0.25) is 0 Å². The Morgan fingerprint density at radius 2 is 1.31 bits per heavy atom. The maximum atomic E-state index is 13.5. The largest absolute Gasteiger partial charge is 0.374 e. The number of hydrogen-bond acceptors (Lipinski definition) is 10. The highest BCUT2D eigenvalue weighted by Gasteiger charge is 2.41. The molecule has 55 heavy (non-hydrogen) atoms. The first-order valence-electron chi connectivity index (χ1n) is 20.0. The number of rotatable bonds is 10. The minimum Gasteiger partial charge on any atom is -0.374 e. The summed E-state index contributed by atoms with van der Waals surface area (Å²) in [4.78, 5) is 31.1. The van der Waals surface area contributed by atoms with Crippen LogP contribution in [0.5, 0.6) is 0 Å². The van der Waals surface area contributed by atoms with Crippen LogP contribution in [-0.4, -0.2) is 115 Å². The topological polar surface area (TPSA) is 175 Å². The highest BCUT2D eigenvalue weighted by atomic mass is 32.2. The van der Waals surface area contributed by atoms with E-state index in [-0.39, 0.29) is 23.3 Å². The molecule has 14 nitrogen and oxygen atoms in total. The molecule has 2 aromatic carbocycles. The number of nitrogens with one attached hydrogen (secondary N) is 4. The minimum absolute atomic E-state index is 0.0833. The van der Waals surface area contributed by atoms with Crippen molar-refractivity contribution in [2.45, 2.75) is 95.2 Å². The zero-order chi connectivity index (χ0) is 38.5. The highest BCUT2D eigenvalue weighted by Crippen LogP contribution is 2.55. The van der Waals surface area contributed by atoms with Gasteiger partial charge in [0.1, 0.15) is 0 Å². The molecule has 0 aromatic heterocycles. The van der Waals surface area contributed by atoms with Gasteiger partial charge in [-0.3, -0.25) is 4.90 Å². The van der Waals surface area contributed by atoms with Crippen LogP contribution in [0.1, 0.15) is 89.0 Å². The van der Waals surface area contributed by atoms with Gasteiger partial charge in [0.2, 0.25) is 20.0 Å². The predicted molar refractivity (Wildman–Crippen MR) is 210 cm³/mol. The van der Waals surface area contributed by atoms with Crippen LogP contribution in [-0.2, 0) is 68.0 Å². The fraction of sp³-hybridized carbons (Fsp3) is 0.641. The number of aryl methyl sites for hydroxylation is 3. The van der Waals surface area contributed by atoms with Crippen molar-refractivity contribution in [3.05, 3.63) is 56.6 Å². The monoisotopic (exact) mass is 798 g/mol. The van der Waals surface area contributed by atoms with Crippen molar-refractivity contribution in [3.8, 4) is 0 Å². The van der Waals surface area contributed by atoms with E-state index in [4.69, 9.17) is 9.47 Å². The van der Waals surface area contributed by atoms with E-state index >= 15 is 0 Å². The van der Waals surface area contributed by atoms with E-state index in [0.717, 1.165) is 117 Å². The number of morpholine rings is 2. The molecule has 300 valence electrons. The van der Waals surface area contributed by atoms with Crippen LogP contribution >= 0.6 is 0 Å². The Morgan fingerprint density at radius 1 is 0.709 bits per heavy atom. The van der Waals surface area contributed by atoms with Crippen molar-refractivity contribution in [2.75, 3.05) is 75.1 Å². The Kier molecular flexibility index (Phi) is 10.9. The molecule has 6 aliphatic rings. The molecule has 4 atom stereocenters. The van der Waals surface area contributed by atoms with E-state index in [9.17, 15) is 26.4 Å². The number of nitrogens with zero attached hydrogens (tertiary/aromatic N) is 2. The SMILES string of the molecule is CCN1CCOC(CS(=O)(=O)NC(=O)Nc2c3c(cc4c2CCC4C2CCc4cc5c(c(NC(=O)NS(=O)(=O)CC6CN(C)CCO6)c42)CCC5)CCC3)C1. The third-order valence-corrected chi connectivity index (χ3v) is 15.2. The molecule has 0 bridgehead atoms. The predicted octanol–water partition coefficient (Wildman–Crippen LogP) is 3.38. The molecule has 4 amide bonds. The Balaban J connectivity index is 1.03. The van der Waals surface area contributed by atoms with Crippen LogP contribution in [0.3, 0.4) is 0 Å². The lowest BCUT2D eigenvalue weighted by atomic mass is 9.81. The second-order valence-corrected chi connectivity index (χ2v) is 19.8. The summed E-state index contributed by atoms with van der Waals surface area (Å²) in [6, 6.07) is 3.08. The molecule has 16 heteroatoms. The number of anilines is 2. The smallest absolute Gasteiger partial charge is 0.332 e. The van der Waals surface area contributed by atoms with Crippen molar-refractivity contribution >= 4 is 43.5 Å². The van der Waals surface area contributed by atoms with E-state index in [1.54, 1.807) is 0 Å². The van der Waals surface area contributed by atoms with Gasteiger partial charge in [0.15, 0.2) is 0 Å². The molecule has 4 N–H and O–H groups in total. The fourth-order valence-corrected chi connectivity index (χ4v) is 12.4. The maximum Gasteiger partial charge on any atom is 0.332 e. The molecular formula is C39H54N6O8S2. The van der Waals surface area contributed by atoms with Crippen LogP contribution in [0.15, 0.2) is 12.1 Å². The third kappa shape index (κ3) is 8.26. The van der Waals surface area contributed by atoms with Gasteiger partial charge >= 0.3 is 12.1 Å². The molecule has 2 aromatic rings. The molecule has 2 heterocycles. The first-order chi connectivity index (χ1) is 26.4. The van der Waals surface area contributed by atoms with E-state index in [2.05, 4.69) is 37.1 Å². The number of benzene rings is 2. The number of hydrogen-bond donors (Lipinski definition) is 4. The van der Waals surface area contributed by atoms with Gasteiger partial charge in [0.25, 0.3) is 0 Å². The fourth-order valence-electron chi connectivity index (χ4n) is 10.2. The maximum absolute atomic E-state index is 13.5. The first kappa shape index (κ1) is 38.6. The van der Waals surface area contributed by atoms with E-state index in [1.807, 2.05) is 18.9 Å². The molecule has 4 unspecified atom stereocenters. The highest BCUT2D eigenvalue weighted by molar-refractivity contribution is 7.90. The van der Waals surface area contributed by atoms with E-state index < -0.39 is 44.3 Å². The number of sulfonamides is 2. The number of fused-ring (bicyclic) bond motifs is 4. The summed E-state index contributed by atoms with van der Waals surface area (Å²) in [5.74, 6) is -0.387. The van der Waals surface area contributed by atoms with Gasteiger partial charge in [-0.1, -0.05) is 19.1 Å². The van der Waals surface area contributed by atoms with E-state index in [1.165, 1.54) is 22.3 Å². The van der Waals surface area contributed by atoms with Gasteiger partial charge in [0.05, 0.1) is 36.9 Å². The standard InChI is InChI=1S/C39H54N6O8S2/c1-3-45-15-17-53-28(21-45)23-55(50,51)42-38(46)40-36-29-8-5-7-25(29)19-34-31(12-13-33(34)36)32-11-10-26-18-24-6-4-9-30(24)37(35(26)32)41-39(47)43-54(48,49)22-27-20-44(2)14-16-52-27/h18-19,27-28,31-32H,3-17,20-23H2,1-2H3,(H2,40,42,46)(H2,41,43,47). The van der Waals surface area contributed by atoms with Crippen molar-refractivity contribution < 1.29 is 35.9 Å². The van der Waals surface area contributed by atoms with Gasteiger partial charge in [-0.25, -0.2) is 35.9 Å². The van der Waals surface area contributed by atoms with Crippen LogP contribution in [0.4, 0.5) is 21.0 Å². The van der Waals surface area contributed by atoms with Crippen LogP contribution in [0, 0.1) is 0 Å².